The molecule has 118 valence electrons. The van der Waals surface area contributed by atoms with Crippen molar-refractivity contribution in [3.05, 3.63) is 36.1 Å². The lowest BCUT2D eigenvalue weighted by molar-refractivity contribution is 0.0696. The van der Waals surface area contributed by atoms with E-state index in [2.05, 4.69) is 4.72 Å². The average molecular weight is 327 g/mol. The van der Waals surface area contributed by atoms with Gasteiger partial charge in [0.25, 0.3) is 10.0 Å². The van der Waals surface area contributed by atoms with Gasteiger partial charge in [-0.2, -0.15) is 8.42 Å². The molecule has 1 heterocycles. The minimum atomic E-state index is -4.02. The summed E-state index contributed by atoms with van der Waals surface area (Å²) in [7, 11) is -1.39. The molecular formula is C13H13NO7S. The number of rotatable bonds is 6. The molecule has 0 spiro atoms. The van der Waals surface area contributed by atoms with E-state index in [4.69, 9.17) is 19.0 Å². The van der Waals surface area contributed by atoms with E-state index >= 15 is 0 Å². The average Bonchev–Trinajstić information content (AvgIpc) is 3.00. The molecule has 1 aromatic carbocycles. The highest BCUT2D eigenvalue weighted by atomic mass is 32.2. The van der Waals surface area contributed by atoms with Gasteiger partial charge in [-0.15, -0.1) is 0 Å². The van der Waals surface area contributed by atoms with Crippen LogP contribution in [0.3, 0.4) is 0 Å². The van der Waals surface area contributed by atoms with Crippen LogP contribution in [0.2, 0.25) is 0 Å². The standard InChI is InChI=1S/C13H13NO7S/c1-19-10-7-8(13(15)16)6-9(12(10)20-2)14-22(17,18)11-4-3-5-21-11/h3-7,14H,1-2H3,(H,15,16). The fraction of sp³-hybridized carbons (Fsp3) is 0.154. The van der Waals surface area contributed by atoms with Gasteiger partial charge >= 0.3 is 5.97 Å². The molecule has 2 rings (SSSR count). The number of furan rings is 1. The van der Waals surface area contributed by atoms with E-state index in [1.165, 1.54) is 38.7 Å². The van der Waals surface area contributed by atoms with Crippen molar-refractivity contribution in [2.45, 2.75) is 5.09 Å². The Hall–Kier alpha value is -2.68. The first-order chi connectivity index (χ1) is 10.4. The van der Waals surface area contributed by atoms with Gasteiger partial charge < -0.3 is 19.0 Å². The van der Waals surface area contributed by atoms with Crippen LogP contribution < -0.4 is 14.2 Å². The lowest BCUT2D eigenvalue weighted by Gasteiger charge is -2.14. The van der Waals surface area contributed by atoms with Crippen molar-refractivity contribution in [3.8, 4) is 11.5 Å². The Kier molecular flexibility index (Phi) is 4.27. The van der Waals surface area contributed by atoms with Crippen molar-refractivity contribution in [3.63, 3.8) is 0 Å². The van der Waals surface area contributed by atoms with Crippen LogP contribution in [0.15, 0.2) is 40.0 Å². The minimum absolute atomic E-state index is 0.0580. The third-order valence-electron chi connectivity index (χ3n) is 2.73. The predicted molar refractivity (Wildman–Crippen MR) is 76.0 cm³/mol. The smallest absolute Gasteiger partial charge is 0.335 e. The van der Waals surface area contributed by atoms with Crippen LogP contribution in [0.4, 0.5) is 5.69 Å². The first kappa shape index (κ1) is 15.7. The second-order valence-electron chi connectivity index (χ2n) is 4.10. The van der Waals surface area contributed by atoms with Crippen molar-refractivity contribution >= 4 is 21.7 Å². The van der Waals surface area contributed by atoms with Gasteiger partial charge in [-0.05, 0) is 24.3 Å². The SMILES string of the molecule is COc1cc(C(=O)O)cc(NS(=O)(=O)c2ccco2)c1OC. The van der Waals surface area contributed by atoms with Crippen LogP contribution in [0, 0.1) is 0 Å². The third-order valence-corrected chi connectivity index (χ3v) is 3.98. The van der Waals surface area contributed by atoms with Gasteiger partial charge in [0.15, 0.2) is 11.5 Å². The molecule has 2 aromatic rings. The van der Waals surface area contributed by atoms with E-state index in [1.807, 2.05) is 0 Å². The lowest BCUT2D eigenvalue weighted by Crippen LogP contribution is -2.14. The van der Waals surface area contributed by atoms with E-state index in [9.17, 15) is 13.2 Å². The maximum absolute atomic E-state index is 12.2. The minimum Gasteiger partial charge on any atom is -0.493 e. The fourth-order valence-electron chi connectivity index (χ4n) is 1.78. The summed E-state index contributed by atoms with van der Waals surface area (Å²) in [4.78, 5) is 11.1. The zero-order valence-corrected chi connectivity index (χ0v) is 12.5. The first-order valence-electron chi connectivity index (χ1n) is 5.94. The molecule has 0 aliphatic carbocycles. The van der Waals surface area contributed by atoms with Gasteiger partial charge in [0.05, 0.1) is 31.7 Å². The van der Waals surface area contributed by atoms with E-state index in [0.29, 0.717) is 0 Å². The Morgan fingerprint density at radius 1 is 1.27 bits per heavy atom. The van der Waals surface area contributed by atoms with Crippen molar-refractivity contribution in [1.29, 1.82) is 0 Å². The number of benzene rings is 1. The highest BCUT2D eigenvalue weighted by Crippen LogP contribution is 2.37. The van der Waals surface area contributed by atoms with Gasteiger partial charge in [0.2, 0.25) is 5.09 Å². The molecule has 0 unspecified atom stereocenters. The molecule has 0 radical (unpaired) electrons. The molecule has 8 nitrogen and oxygen atoms in total. The van der Waals surface area contributed by atoms with Crippen molar-refractivity contribution in [1.82, 2.24) is 0 Å². The molecule has 22 heavy (non-hydrogen) atoms. The van der Waals surface area contributed by atoms with Crippen molar-refractivity contribution in [2.24, 2.45) is 0 Å². The number of carboxylic acids is 1. The summed E-state index contributed by atoms with van der Waals surface area (Å²) in [5.74, 6) is -1.10. The van der Waals surface area contributed by atoms with Gasteiger partial charge in [-0.1, -0.05) is 0 Å². The predicted octanol–water partition coefficient (Wildman–Crippen LogP) is 1.80. The highest BCUT2D eigenvalue weighted by Gasteiger charge is 2.23. The van der Waals surface area contributed by atoms with Gasteiger partial charge in [-0.25, -0.2) is 4.79 Å². The Bertz CT molecular complexity index is 781. The number of methoxy groups -OCH3 is 2. The van der Waals surface area contributed by atoms with Crippen molar-refractivity contribution in [2.75, 3.05) is 18.9 Å². The van der Waals surface area contributed by atoms with Gasteiger partial charge in [0, 0.05) is 0 Å². The number of nitrogens with one attached hydrogen (secondary N) is 1. The number of carbonyl (C=O) groups is 1. The molecule has 2 N–H and O–H groups in total. The largest absolute Gasteiger partial charge is 0.493 e. The van der Waals surface area contributed by atoms with Crippen LogP contribution >= 0.6 is 0 Å². The van der Waals surface area contributed by atoms with Gasteiger partial charge in [0.1, 0.15) is 0 Å². The Balaban J connectivity index is 2.54. The number of hydrogen-bond acceptors (Lipinski definition) is 6. The monoisotopic (exact) mass is 327 g/mol. The summed E-state index contributed by atoms with van der Waals surface area (Å²) in [5, 5.41) is 8.77. The van der Waals surface area contributed by atoms with Crippen LogP contribution in [-0.4, -0.2) is 33.7 Å². The maximum Gasteiger partial charge on any atom is 0.335 e. The quantitative estimate of drug-likeness (QED) is 0.831. The number of hydrogen-bond donors (Lipinski definition) is 2. The molecule has 0 amide bonds. The summed E-state index contributed by atoms with van der Waals surface area (Å²) in [6.07, 6.45) is 1.21. The van der Waals surface area contributed by atoms with E-state index in [1.54, 1.807) is 0 Å². The molecule has 0 atom stereocenters. The molecule has 1 aromatic heterocycles. The molecular weight excluding hydrogens is 314 g/mol. The normalized spacial score (nSPS) is 11.0. The summed E-state index contributed by atoms with van der Waals surface area (Å²) in [6.45, 7) is 0. The van der Waals surface area contributed by atoms with E-state index in [-0.39, 0.29) is 27.8 Å². The van der Waals surface area contributed by atoms with E-state index in [0.717, 1.165) is 6.07 Å². The third kappa shape index (κ3) is 2.98. The molecule has 0 saturated heterocycles. The first-order valence-corrected chi connectivity index (χ1v) is 7.43. The second-order valence-corrected chi connectivity index (χ2v) is 5.72. The summed E-state index contributed by atoms with van der Waals surface area (Å²) in [6, 6.07) is 5.03. The zero-order valence-electron chi connectivity index (χ0n) is 11.7. The van der Waals surface area contributed by atoms with Crippen LogP contribution in [0.25, 0.3) is 0 Å². The second kappa shape index (κ2) is 5.98. The lowest BCUT2D eigenvalue weighted by atomic mass is 10.1. The number of ether oxygens (including phenoxy) is 2. The zero-order chi connectivity index (χ0) is 16.3. The molecule has 9 heteroatoms. The molecule has 0 aliphatic rings. The number of sulfonamides is 1. The molecule has 0 fully saturated rings. The number of aromatic carboxylic acids is 1. The van der Waals surface area contributed by atoms with Crippen LogP contribution in [-0.2, 0) is 10.0 Å². The Morgan fingerprint density at radius 2 is 2.00 bits per heavy atom. The summed E-state index contributed by atoms with van der Waals surface area (Å²) >= 11 is 0. The Morgan fingerprint density at radius 3 is 2.50 bits per heavy atom. The van der Waals surface area contributed by atoms with E-state index < -0.39 is 16.0 Å². The van der Waals surface area contributed by atoms with Gasteiger partial charge in [-0.3, -0.25) is 4.72 Å². The maximum atomic E-state index is 12.2. The topological polar surface area (TPSA) is 115 Å². The molecule has 0 aliphatic heterocycles. The van der Waals surface area contributed by atoms with Crippen LogP contribution in [0.5, 0.6) is 11.5 Å². The number of anilines is 1. The molecule has 0 bridgehead atoms. The number of carboxylic acid groups (broad SMARTS) is 1. The summed E-state index contributed by atoms with van der Waals surface area (Å²) in [5.41, 5.74) is -0.231. The summed E-state index contributed by atoms with van der Waals surface area (Å²) < 4.78 is 41.5. The highest BCUT2D eigenvalue weighted by molar-refractivity contribution is 7.92. The molecule has 0 saturated carbocycles. The fourth-order valence-corrected chi connectivity index (χ4v) is 2.76. The Labute approximate surface area is 126 Å². The van der Waals surface area contributed by atoms with Crippen molar-refractivity contribution < 1.29 is 32.2 Å². The van der Waals surface area contributed by atoms with Crippen LogP contribution in [0.1, 0.15) is 10.4 Å².